The van der Waals surface area contributed by atoms with Gasteiger partial charge in [0.2, 0.25) is 0 Å². The molecule has 0 aromatic rings. The lowest BCUT2D eigenvalue weighted by Crippen LogP contribution is -2.70. The summed E-state index contributed by atoms with van der Waals surface area (Å²) in [7, 11) is 0. The normalized spacial score (nSPS) is 47.7. The van der Waals surface area contributed by atoms with Gasteiger partial charge in [0, 0.05) is 12.6 Å². The van der Waals surface area contributed by atoms with E-state index in [1.54, 1.807) is 0 Å². The summed E-state index contributed by atoms with van der Waals surface area (Å²) < 4.78 is 11.7. The molecule has 3 fully saturated rings. The number of aliphatic hydroxyl groups excluding tert-OH is 1. The van der Waals surface area contributed by atoms with Crippen LogP contribution in [0.5, 0.6) is 0 Å². The fourth-order valence-electron chi connectivity index (χ4n) is 3.78. The van der Waals surface area contributed by atoms with E-state index in [4.69, 9.17) is 9.47 Å². The minimum Gasteiger partial charge on any atom is -0.393 e. The van der Waals surface area contributed by atoms with E-state index in [1.807, 2.05) is 13.8 Å². The topological polar surface area (TPSA) is 62.2 Å². The van der Waals surface area contributed by atoms with Crippen LogP contribution in [0, 0.1) is 0 Å². The largest absolute Gasteiger partial charge is 0.393 e. The van der Waals surface area contributed by atoms with E-state index >= 15 is 0 Å². The summed E-state index contributed by atoms with van der Waals surface area (Å²) in [5.74, 6) is -0.674. The van der Waals surface area contributed by atoms with Crippen LogP contribution in [0.4, 0.5) is 0 Å². The van der Waals surface area contributed by atoms with Crippen LogP contribution in [0.15, 0.2) is 0 Å². The molecule has 0 saturated carbocycles. The average Bonchev–Trinajstić information content (AvgIpc) is 2.65. The molecule has 0 amide bonds. The maximum atomic E-state index is 10.9. The smallest absolute Gasteiger partial charge is 0.163 e. The van der Waals surface area contributed by atoms with Gasteiger partial charge in [0.25, 0.3) is 0 Å². The summed E-state index contributed by atoms with van der Waals surface area (Å²) >= 11 is 0. The van der Waals surface area contributed by atoms with Gasteiger partial charge in [0.15, 0.2) is 5.79 Å². The highest BCUT2D eigenvalue weighted by molar-refractivity contribution is 5.10. The van der Waals surface area contributed by atoms with Crippen molar-refractivity contribution in [3.05, 3.63) is 0 Å². The molecule has 5 heteroatoms. The van der Waals surface area contributed by atoms with Crippen LogP contribution in [0.25, 0.3) is 0 Å². The second-order valence-electron chi connectivity index (χ2n) is 6.25. The number of piperidine rings is 2. The Bertz CT molecular complexity index is 335. The molecule has 2 N–H and O–H groups in total. The quantitative estimate of drug-likeness (QED) is 0.697. The molecule has 104 valence electrons. The lowest BCUT2D eigenvalue weighted by atomic mass is 9.77. The van der Waals surface area contributed by atoms with E-state index < -0.39 is 17.5 Å². The monoisotopic (exact) mass is 257 g/mol. The molecule has 4 atom stereocenters. The van der Waals surface area contributed by atoms with Gasteiger partial charge in [-0.05, 0) is 33.2 Å². The van der Waals surface area contributed by atoms with E-state index in [9.17, 15) is 10.2 Å². The van der Waals surface area contributed by atoms with Crippen LogP contribution in [-0.2, 0) is 9.47 Å². The van der Waals surface area contributed by atoms with Crippen LogP contribution < -0.4 is 0 Å². The minimum atomic E-state index is -1.20. The first-order chi connectivity index (χ1) is 8.46. The van der Waals surface area contributed by atoms with Crippen LogP contribution in [-0.4, -0.2) is 64.4 Å². The average molecular weight is 257 g/mol. The predicted molar refractivity (Wildman–Crippen MR) is 65.1 cm³/mol. The highest BCUT2D eigenvalue weighted by atomic mass is 16.8. The third-order valence-electron chi connectivity index (χ3n) is 4.53. The van der Waals surface area contributed by atoms with Crippen molar-refractivity contribution in [2.24, 2.45) is 0 Å². The molecule has 0 aromatic carbocycles. The van der Waals surface area contributed by atoms with E-state index in [0.717, 1.165) is 32.4 Å². The molecule has 18 heavy (non-hydrogen) atoms. The summed E-state index contributed by atoms with van der Waals surface area (Å²) in [6, 6.07) is -0.00463. The maximum Gasteiger partial charge on any atom is 0.163 e. The van der Waals surface area contributed by atoms with Crippen molar-refractivity contribution in [2.45, 2.75) is 62.7 Å². The van der Waals surface area contributed by atoms with Crippen LogP contribution in [0.2, 0.25) is 0 Å². The van der Waals surface area contributed by atoms with Crippen molar-refractivity contribution in [1.82, 2.24) is 4.90 Å². The molecule has 0 aromatic heterocycles. The Hall–Kier alpha value is -0.200. The van der Waals surface area contributed by atoms with Crippen molar-refractivity contribution in [1.29, 1.82) is 0 Å². The Morgan fingerprint density at radius 3 is 2.78 bits per heavy atom. The number of nitrogens with zero attached hydrogens (tertiary/aromatic N) is 1. The molecule has 5 nitrogen and oxygen atoms in total. The van der Waals surface area contributed by atoms with Crippen molar-refractivity contribution in [3.8, 4) is 0 Å². The molecule has 0 unspecified atom stereocenters. The molecule has 0 spiro atoms. The van der Waals surface area contributed by atoms with Gasteiger partial charge in [0.05, 0.1) is 6.61 Å². The number of ether oxygens (including phenoxy) is 2. The maximum absolute atomic E-state index is 10.9. The van der Waals surface area contributed by atoms with Crippen LogP contribution in [0.1, 0.15) is 33.1 Å². The van der Waals surface area contributed by atoms with Gasteiger partial charge < -0.3 is 19.7 Å². The van der Waals surface area contributed by atoms with Crippen LogP contribution >= 0.6 is 0 Å². The van der Waals surface area contributed by atoms with Gasteiger partial charge in [0.1, 0.15) is 17.8 Å². The van der Waals surface area contributed by atoms with Gasteiger partial charge in [-0.3, -0.25) is 4.90 Å². The van der Waals surface area contributed by atoms with Crippen LogP contribution in [0.3, 0.4) is 0 Å². The predicted octanol–water partition coefficient (Wildman–Crippen LogP) is 0.0980. The van der Waals surface area contributed by atoms with Crippen molar-refractivity contribution < 1.29 is 19.7 Å². The number of rotatable bonds is 1. The third kappa shape index (κ3) is 1.80. The molecule has 0 bridgehead atoms. The second-order valence-corrected chi connectivity index (χ2v) is 6.25. The number of hydrogen-bond donors (Lipinski definition) is 2. The van der Waals surface area contributed by atoms with Crippen molar-refractivity contribution in [2.75, 3.05) is 19.7 Å². The summed E-state index contributed by atoms with van der Waals surface area (Å²) in [5.41, 5.74) is -1.20. The Balaban J connectivity index is 1.91. The summed E-state index contributed by atoms with van der Waals surface area (Å²) in [4.78, 5) is 2.26. The summed E-state index contributed by atoms with van der Waals surface area (Å²) in [6.45, 7) is 5.22. The zero-order valence-corrected chi connectivity index (χ0v) is 11.1. The Labute approximate surface area is 108 Å². The van der Waals surface area contributed by atoms with Gasteiger partial charge >= 0.3 is 0 Å². The lowest BCUT2D eigenvalue weighted by Gasteiger charge is -2.52. The number of aliphatic hydroxyl groups is 2. The molecule has 3 rings (SSSR count). The zero-order chi connectivity index (χ0) is 13.0. The first-order valence-corrected chi connectivity index (χ1v) is 6.89. The van der Waals surface area contributed by atoms with Gasteiger partial charge in [-0.25, -0.2) is 0 Å². The highest BCUT2D eigenvalue weighted by Crippen LogP contribution is 2.43. The van der Waals surface area contributed by atoms with Gasteiger partial charge in [-0.1, -0.05) is 6.42 Å². The van der Waals surface area contributed by atoms with E-state index in [1.165, 1.54) is 0 Å². The lowest BCUT2D eigenvalue weighted by molar-refractivity contribution is -0.204. The molecule has 3 aliphatic rings. The zero-order valence-electron chi connectivity index (χ0n) is 11.1. The Morgan fingerprint density at radius 1 is 1.28 bits per heavy atom. The fraction of sp³-hybridized carbons (Fsp3) is 1.00. The molecular formula is C13H23NO4. The molecular weight excluding hydrogens is 234 g/mol. The van der Waals surface area contributed by atoms with E-state index in [0.29, 0.717) is 0 Å². The van der Waals surface area contributed by atoms with Crippen molar-refractivity contribution in [3.63, 3.8) is 0 Å². The standard InChI is InChI=1S/C13H23NO4/c1-12(2)17-9-7-14-6-4-3-5-10(14)13(16,8-15)11(9)18-12/h9-11,15-16H,3-8H2,1-2H3/t9-,10+,11+,13+/m0/s1. The Morgan fingerprint density at radius 2 is 2.06 bits per heavy atom. The Kier molecular flexibility index (Phi) is 2.95. The van der Waals surface area contributed by atoms with E-state index in [-0.39, 0.29) is 18.8 Å². The van der Waals surface area contributed by atoms with Crippen molar-refractivity contribution >= 4 is 0 Å². The van der Waals surface area contributed by atoms with Gasteiger partial charge in [-0.2, -0.15) is 0 Å². The SMILES string of the molecule is CC1(C)O[C@H]2CN3CCCC[C@@H]3[C@](O)(CO)[C@@H]2O1. The molecule has 0 aliphatic carbocycles. The van der Waals surface area contributed by atoms with E-state index in [2.05, 4.69) is 4.90 Å². The second kappa shape index (κ2) is 4.15. The summed E-state index contributed by atoms with van der Waals surface area (Å²) in [5, 5.41) is 20.6. The molecule has 3 aliphatic heterocycles. The minimum absolute atomic E-state index is 0.00463. The highest BCUT2D eigenvalue weighted by Gasteiger charge is 2.60. The first kappa shape index (κ1) is 12.8. The summed E-state index contributed by atoms with van der Waals surface area (Å²) in [6.07, 6.45) is 2.61. The third-order valence-corrected chi connectivity index (χ3v) is 4.53. The first-order valence-electron chi connectivity index (χ1n) is 6.89. The number of hydrogen-bond acceptors (Lipinski definition) is 5. The number of fused-ring (bicyclic) bond motifs is 2. The molecule has 3 saturated heterocycles. The van der Waals surface area contributed by atoms with Gasteiger partial charge in [-0.15, -0.1) is 0 Å². The molecule has 3 heterocycles. The molecule has 0 radical (unpaired) electrons. The fourth-order valence-corrected chi connectivity index (χ4v) is 3.78.